The van der Waals surface area contributed by atoms with Crippen LogP contribution in [0.4, 0.5) is 31.0 Å². The Morgan fingerprint density at radius 3 is 2.39 bits per heavy atom. The number of halogens is 2. The van der Waals surface area contributed by atoms with E-state index in [-0.39, 0.29) is 23.9 Å². The van der Waals surface area contributed by atoms with Gasteiger partial charge in [-0.25, -0.2) is 36.1 Å². The van der Waals surface area contributed by atoms with Crippen molar-refractivity contribution in [1.29, 1.82) is 0 Å². The average molecular weight is 657 g/mol. The van der Waals surface area contributed by atoms with Crippen LogP contribution in [-0.4, -0.2) is 79.2 Å². The summed E-state index contributed by atoms with van der Waals surface area (Å²) in [4.78, 5) is 36.0. The number of benzene rings is 2. The lowest BCUT2D eigenvalue weighted by molar-refractivity contribution is -0.137. The molecule has 244 valence electrons. The van der Waals surface area contributed by atoms with Crippen LogP contribution in [0.1, 0.15) is 32.3 Å². The Morgan fingerprint density at radius 1 is 1.13 bits per heavy atom. The van der Waals surface area contributed by atoms with Gasteiger partial charge in [0.05, 0.1) is 12.7 Å². The highest BCUT2D eigenvalue weighted by molar-refractivity contribution is 7.92. The van der Waals surface area contributed by atoms with Gasteiger partial charge in [-0.3, -0.25) is 0 Å². The summed E-state index contributed by atoms with van der Waals surface area (Å²) in [6.45, 7) is 5.33. The SMILES string of the molecule is C#CCN(c1cnc(N(CC)CC)nc1N[C@@H](Cc1ccc(OC(=O)N2CCCC2)cc1)C(=O)O)S(=O)(=O)c1ccc(F)cc1F. The second kappa shape index (κ2) is 14.9. The number of terminal acetylenes is 1. The number of carboxylic acid groups (broad SMARTS) is 1. The van der Waals surface area contributed by atoms with Crippen LogP contribution in [-0.2, 0) is 21.2 Å². The van der Waals surface area contributed by atoms with Crippen LogP contribution in [0.15, 0.2) is 53.6 Å². The second-order valence-electron chi connectivity index (χ2n) is 10.3. The van der Waals surface area contributed by atoms with Gasteiger partial charge in [0.15, 0.2) is 5.82 Å². The highest BCUT2D eigenvalue weighted by atomic mass is 32.2. The average Bonchev–Trinajstić information content (AvgIpc) is 3.57. The molecule has 12 nitrogen and oxygen atoms in total. The van der Waals surface area contributed by atoms with Crippen LogP contribution in [0.3, 0.4) is 0 Å². The Balaban J connectivity index is 1.68. The molecule has 1 aliphatic heterocycles. The number of hydrogen-bond acceptors (Lipinski definition) is 9. The number of carboxylic acids is 1. The Hall–Kier alpha value is -4.97. The number of nitrogens with zero attached hydrogens (tertiary/aromatic N) is 5. The maximum Gasteiger partial charge on any atom is 0.415 e. The lowest BCUT2D eigenvalue weighted by atomic mass is 10.1. The van der Waals surface area contributed by atoms with E-state index >= 15 is 0 Å². The van der Waals surface area contributed by atoms with E-state index < -0.39 is 51.2 Å². The molecule has 0 radical (unpaired) electrons. The minimum Gasteiger partial charge on any atom is -0.480 e. The van der Waals surface area contributed by atoms with Crippen LogP contribution in [0.2, 0.25) is 0 Å². The zero-order chi connectivity index (χ0) is 33.4. The van der Waals surface area contributed by atoms with Gasteiger partial charge >= 0.3 is 12.1 Å². The Kier molecular flexibility index (Phi) is 11.0. The third-order valence-electron chi connectivity index (χ3n) is 7.31. The first-order valence-corrected chi connectivity index (χ1v) is 16.0. The first-order valence-electron chi connectivity index (χ1n) is 14.6. The quantitative estimate of drug-likeness (QED) is 0.258. The van der Waals surface area contributed by atoms with Crippen LogP contribution < -0.4 is 19.3 Å². The molecule has 0 aliphatic carbocycles. The van der Waals surface area contributed by atoms with Gasteiger partial charge in [0.1, 0.15) is 34.0 Å². The summed E-state index contributed by atoms with van der Waals surface area (Å²) in [6, 6.07) is 6.98. The maximum atomic E-state index is 14.7. The van der Waals surface area contributed by atoms with Gasteiger partial charge in [0.2, 0.25) is 5.95 Å². The molecule has 1 aromatic heterocycles. The fourth-order valence-corrected chi connectivity index (χ4v) is 6.28. The van der Waals surface area contributed by atoms with Gasteiger partial charge in [-0.15, -0.1) is 6.42 Å². The number of anilines is 3. The number of aromatic nitrogens is 2. The number of sulfonamides is 1. The normalized spacial score (nSPS) is 13.5. The highest BCUT2D eigenvalue weighted by Gasteiger charge is 2.32. The van der Waals surface area contributed by atoms with Crippen molar-refractivity contribution in [2.45, 2.75) is 44.0 Å². The number of amides is 1. The molecule has 0 unspecified atom stereocenters. The van der Waals surface area contributed by atoms with Gasteiger partial charge in [-0.2, -0.15) is 4.98 Å². The molecule has 0 bridgehead atoms. The summed E-state index contributed by atoms with van der Waals surface area (Å²) in [5.74, 6) is -1.10. The van der Waals surface area contributed by atoms with Gasteiger partial charge in [0.25, 0.3) is 10.0 Å². The molecule has 0 spiro atoms. The van der Waals surface area contributed by atoms with Crippen molar-refractivity contribution in [2.24, 2.45) is 0 Å². The van der Waals surface area contributed by atoms with Crippen LogP contribution in [0, 0.1) is 24.0 Å². The summed E-state index contributed by atoms with van der Waals surface area (Å²) in [5, 5.41) is 13.0. The Labute approximate surface area is 266 Å². The zero-order valence-electron chi connectivity index (χ0n) is 25.3. The van der Waals surface area contributed by atoms with Gasteiger partial charge in [0, 0.05) is 38.7 Å². The van der Waals surface area contributed by atoms with Crippen molar-refractivity contribution < 1.29 is 36.6 Å². The Morgan fingerprint density at radius 2 is 1.80 bits per heavy atom. The summed E-state index contributed by atoms with van der Waals surface area (Å²) >= 11 is 0. The van der Waals surface area contributed by atoms with Crippen LogP contribution in [0.25, 0.3) is 0 Å². The highest BCUT2D eigenvalue weighted by Crippen LogP contribution is 2.32. The number of hydrogen-bond donors (Lipinski definition) is 2. The number of carbonyl (C=O) groups excluding carboxylic acids is 1. The van der Waals surface area contributed by atoms with Crippen molar-refractivity contribution >= 4 is 39.5 Å². The maximum absolute atomic E-state index is 14.7. The molecule has 1 fully saturated rings. The molecule has 2 aromatic carbocycles. The number of carbonyl (C=O) groups is 2. The first kappa shape index (κ1) is 33.9. The lowest BCUT2D eigenvalue weighted by Gasteiger charge is -2.27. The topological polar surface area (TPSA) is 145 Å². The standard InChI is InChI=1S/C31H34F2N6O6S/c1-4-15-39(46(43,44)27-14-11-22(32)19-24(27)33)26-20-34-30(37(5-2)6-3)36-28(26)35-25(29(40)41)18-21-9-12-23(13-10-21)45-31(42)38-16-7-8-17-38/h1,9-14,19-20,25H,5-8,15-18H2,2-3H3,(H,40,41)(H,34,35,36)/t25-/m0/s1. The molecule has 1 atom stereocenters. The van der Waals surface area contributed by atoms with E-state index in [0.717, 1.165) is 31.2 Å². The Bertz CT molecular complexity index is 1710. The second-order valence-corrected chi connectivity index (χ2v) is 12.1. The van der Waals surface area contributed by atoms with Gasteiger partial charge in [-0.05, 0) is 56.5 Å². The molecular formula is C31H34F2N6O6S. The molecule has 4 rings (SSSR count). The monoisotopic (exact) mass is 656 g/mol. The van der Waals surface area contributed by atoms with Crippen molar-refractivity contribution in [3.63, 3.8) is 0 Å². The predicted molar refractivity (Wildman–Crippen MR) is 167 cm³/mol. The molecule has 1 aliphatic rings. The molecule has 1 saturated heterocycles. The van der Waals surface area contributed by atoms with E-state index in [0.29, 0.717) is 47.9 Å². The molecule has 2 heterocycles. The molecule has 46 heavy (non-hydrogen) atoms. The van der Waals surface area contributed by atoms with Crippen LogP contribution in [0.5, 0.6) is 5.75 Å². The van der Waals surface area contributed by atoms with E-state index in [1.165, 1.54) is 0 Å². The summed E-state index contributed by atoms with van der Waals surface area (Å²) in [7, 11) is -4.74. The van der Waals surface area contributed by atoms with E-state index in [1.807, 2.05) is 13.8 Å². The molecule has 15 heteroatoms. The van der Waals surface area contributed by atoms with Gasteiger partial charge in [-0.1, -0.05) is 18.1 Å². The van der Waals surface area contributed by atoms with Crippen LogP contribution >= 0.6 is 0 Å². The van der Waals surface area contributed by atoms with E-state index in [2.05, 4.69) is 21.2 Å². The number of ether oxygens (including phenoxy) is 1. The molecule has 2 N–H and O–H groups in total. The smallest absolute Gasteiger partial charge is 0.415 e. The van der Waals surface area contributed by atoms with Gasteiger partial charge < -0.3 is 25.0 Å². The molecule has 1 amide bonds. The largest absolute Gasteiger partial charge is 0.480 e. The lowest BCUT2D eigenvalue weighted by Crippen LogP contribution is -2.36. The summed E-state index contributed by atoms with van der Waals surface area (Å²) in [5.41, 5.74) is 0.315. The summed E-state index contributed by atoms with van der Waals surface area (Å²) in [6.07, 6.45) is 7.94. The fraction of sp³-hybridized carbons (Fsp3) is 0.355. The third kappa shape index (κ3) is 7.81. The fourth-order valence-electron chi connectivity index (χ4n) is 4.86. The predicted octanol–water partition coefficient (Wildman–Crippen LogP) is 4.13. The zero-order valence-corrected chi connectivity index (χ0v) is 26.1. The molecule has 3 aromatic rings. The van der Waals surface area contributed by atoms with Crippen molar-refractivity contribution in [2.75, 3.05) is 47.2 Å². The minimum absolute atomic E-state index is 0.0891. The summed E-state index contributed by atoms with van der Waals surface area (Å²) < 4.78 is 61.7. The number of aliphatic carboxylic acids is 1. The number of nitrogens with one attached hydrogen (secondary N) is 1. The molecule has 0 saturated carbocycles. The van der Waals surface area contributed by atoms with E-state index in [9.17, 15) is 31.9 Å². The minimum atomic E-state index is -4.74. The molecular weight excluding hydrogens is 622 g/mol. The number of rotatable bonds is 13. The van der Waals surface area contributed by atoms with Crippen molar-refractivity contribution in [3.8, 4) is 18.1 Å². The van der Waals surface area contributed by atoms with Crippen molar-refractivity contribution in [3.05, 3.63) is 65.9 Å². The van der Waals surface area contributed by atoms with E-state index in [4.69, 9.17) is 11.2 Å². The third-order valence-corrected chi connectivity index (χ3v) is 9.10. The number of likely N-dealkylation sites (tertiary alicyclic amines) is 1. The van der Waals surface area contributed by atoms with E-state index in [1.54, 1.807) is 34.1 Å². The van der Waals surface area contributed by atoms with Crippen molar-refractivity contribution in [1.82, 2.24) is 14.9 Å². The first-order chi connectivity index (χ1) is 22.0.